The first kappa shape index (κ1) is 18.8. The van der Waals surface area contributed by atoms with Crippen molar-refractivity contribution in [2.75, 3.05) is 24.2 Å². The van der Waals surface area contributed by atoms with Crippen LogP contribution >= 0.6 is 0 Å². The first-order chi connectivity index (χ1) is 12.7. The first-order valence-electron chi connectivity index (χ1n) is 9.73. The van der Waals surface area contributed by atoms with Crippen molar-refractivity contribution in [3.63, 3.8) is 0 Å². The van der Waals surface area contributed by atoms with Crippen LogP contribution in [0.4, 0.5) is 11.8 Å². The predicted molar refractivity (Wildman–Crippen MR) is 102 cm³/mol. The number of aliphatic hydroxyl groups excluding tert-OH is 1. The zero-order valence-electron chi connectivity index (χ0n) is 15.5. The van der Waals surface area contributed by atoms with E-state index in [1.54, 1.807) is 6.33 Å². The molecule has 0 aliphatic carbocycles. The number of hydrogen-bond acceptors (Lipinski definition) is 7. The monoisotopic (exact) mass is 362 g/mol. The minimum Gasteiger partial charge on any atom is -0.394 e. The summed E-state index contributed by atoms with van der Waals surface area (Å²) in [6.45, 7) is 3.11. The van der Waals surface area contributed by atoms with Crippen LogP contribution in [0.3, 0.4) is 0 Å². The van der Waals surface area contributed by atoms with Crippen LogP contribution in [0.25, 0.3) is 11.2 Å². The molecule has 0 amide bonds. The lowest BCUT2D eigenvalue weighted by molar-refractivity contribution is -0.0207. The van der Waals surface area contributed by atoms with Crippen molar-refractivity contribution in [1.29, 1.82) is 0 Å². The van der Waals surface area contributed by atoms with Gasteiger partial charge in [0, 0.05) is 6.54 Å². The topological polar surface area (TPSA) is 111 Å². The van der Waals surface area contributed by atoms with Gasteiger partial charge >= 0.3 is 0 Å². The van der Waals surface area contributed by atoms with Gasteiger partial charge in [-0.3, -0.25) is 4.57 Å². The van der Waals surface area contributed by atoms with Gasteiger partial charge in [0.15, 0.2) is 17.0 Å². The molecule has 2 atom stereocenters. The van der Waals surface area contributed by atoms with Gasteiger partial charge in [0.1, 0.15) is 6.23 Å². The van der Waals surface area contributed by atoms with E-state index in [1.807, 2.05) is 4.57 Å². The van der Waals surface area contributed by atoms with Gasteiger partial charge in [0.05, 0.1) is 19.0 Å². The molecule has 0 unspecified atom stereocenters. The lowest BCUT2D eigenvalue weighted by Gasteiger charge is -2.14. The molecule has 3 rings (SSSR count). The SMILES string of the molecule is CCCCCCCCNc1nc(N)nc2c1ncn2[C@H]1CC[C@@H](CO)O1. The molecule has 8 nitrogen and oxygen atoms in total. The number of imidazole rings is 1. The van der Waals surface area contributed by atoms with Crippen molar-refractivity contribution in [3.05, 3.63) is 6.33 Å². The van der Waals surface area contributed by atoms with E-state index < -0.39 is 0 Å². The number of nitrogen functional groups attached to an aromatic ring is 1. The third-order valence-corrected chi connectivity index (χ3v) is 4.86. The molecule has 0 radical (unpaired) electrons. The molecule has 26 heavy (non-hydrogen) atoms. The number of nitrogens with two attached hydrogens (primary N) is 1. The number of nitrogens with one attached hydrogen (secondary N) is 1. The zero-order chi connectivity index (χ0) is 18.4. The Labute approximate surface area is 154 Å². The van der Waals surface area contributed by atoms with Crippen LogP contribution in [-0.2, 0) is 4.74 Å². The molecule has 1 fully saturated rings. The van der Waals surface area contributed by atoms with E-state index in [-0.39, 0.29) is 24.9 Å². The van der Waals surface area contributed by atoms with Crippen molar-refractivity contribution in [2.45, 2.75) is 70.6 Å². The average Bonchev–Trinajstić information content (AvgIpc) is 3.27. The van der Waals surface area contributed by atoms with Gasteiger partial charge in [-0.15, -0.1) is 0 Å². The third-order valence-electron chi connectivity index (χ3n) is 4.86. The Morgan fingerprint density at radius 1 is 1.23 bits per heavy atom. The quantitative estimate of drug-likeness (QED) is 0.557. The number of nitrogens with zero attached hydrogens (tertiary/aromatic N) is 4. The number of fused-ring (bicyclic) bond motifs is 1. The summed E-state index contributed by atoms with van der Waals surface area (Å²) in [4.78, 5) is 13.1. The Balaban J connectivity index is 1.64. The Morgan fingerprint density at radius 2 is 2.04 bits per heavy atom. The summed E-state index contributed by atoms with van der Waals surface area (Å²) in [5.74, 6) is 0.901. The van der Waals surface area contributed by atoms with Crippen LogP contribution in [0, 0.1) is 0 Å². The van der Waals surface area contributed by atoms with Gasteiger partial charge in [0.2, 0.25) is 5.95 Å². The molecule has 0 bridgehead atoms. The average molecular weight is 362 g/mol. The molecule has 3 heterocycles. The highest BCUT2D eigenvalue weighted by atomic mass is 16.5. The summed E-state index contributed by atoms with van der Waals surface area (Å²) in [5, 5.41) is 12.6. The van der Waals surface area contributed by atoms with Crippen LogP contribution in [-0.4, -0.2) is 43.9 Å². The van der Waals surface area contributed by atoms with E-state index in [4.69, 9.17) is 10.5 Å². The number of aliphatic hydroxyl groups is 1. The largest absolute Gasteiger partial charge is 0.394 e. The van der Waals surface area contributed by atoms with E-state index in [0.717, 1.165) is 25.8 Å². The molecule has 1 aliphatic heterocycles. The number of hydrogen-bond donors (Lipinski definition) is 3. The van der Waals surface area contributed by atoms with E-state index in [0.29, 0.717) is 17.0 Å². The molecule has 4 N–H and O–H groups in total. The molecular formula is C18H30N6O2. The van der Waals surface area contributed by atoms with Crippen LogP contribution in [0.15, 0.2) is 6.33 Å². The van der Waals surface area contributed by atoms with Gasteiger partial charge < -0.3 is 20.9 Å². The van der Waals surface area contributed by atoms with Gasteiger partial charge in [-0.2, -0.15) is 9.97 Å². The van der Waals surface area contributed by atoms with Crippen LogP contribution in [0.2, 0.25) is 0 Å². The zero-order valence-corrected chi connectivity index (χ0v) is 15.5. The lowest BCUT2D eigenvalue weighted by atomic mass is 10.1. The molecule has 1 saturated heterocycles. The van der Waals surface area contributed by atoms with E-state index in [2.05, 4.69) is 27.2 Å². The second-order valence-electron chi connectivity index (χ2n) is 6.92. The van der Waals surface area contributed by atoms with Crippen LogP contribution in [0.5, 0.6) is 0 Å². The van der Waals surface area contributed by atoms with Gasteiger partial charge in [-0.1, -0.05) is 39.0 Å². The highest BCUT2D eigenvalue weighted by Gasteiger charge is 2.28. The summed E-state index contributed by atoms with van der Waals surface area (Å²) in [6, 6.07) is 0. The van der Waals surface area contributed by atoms with E-state index in [9.17, 15) is 5.11 Å². The lowest BCUT2D eigenvalue weighted by Crippen LogP contribution is -2.14. The van der Waals surface area contributed by atoms with Crippen molar-refractivity contribution in [3.8, 4) is 0 Å². The minimum atomic E-state index is -0.169. The molecule has 144 valence electrons. The Hall–Kier alpha value is -1.93. The first-order valence-corrected chi connectivity index (χ1v) is 9.73. The molecule has 8 heteroatoms. The Bertz CT molecular complexity index is 704. The van der Waals surface area contributed by atoms with Gasteiger partial charge in [0.25, 0.3) is 0 Å². The number of anilines is 2. The fourth-order valence-electron chi connectivity index (χ4n) is 3.41. The normalized spacial score (nSPS) is 20.1. The molecule has 2 aromatic heterocycles. The molecule has 0 spiro atoms. The maximum Gasteiger partial charge on any atom is 0.224 e. The molecule has 2 aromatic rings. The fourth-order valence-corrected chi connectivity index (χ4v) is 3.41. The summed E-state index contributed by atoms with van der Waals surface area (Å²) < 4.78 is 7.73. The van der Waals surface area contributed by atoms with Crippen molar-refractivity contribution >= 4 is 22.9 Å². The predicted octanol–water partition coefficient (Wildman–Crippen LogP) is 2.85. The standard InChI is InChI=1S/C18H30N6O2/c1-2-3-4-5-6-7-10-20-16-15-17(23-18(19)22-16)24(12-21-15)14-9-8-13(11-25)26-14/h12-14,25H,2-11H2,1H3,(H3,19,20,22,23)/t13-,14+/m0/s1. The summed E-state index contributed by atoms with van der Waals surface area (Å²) in [6.07, 6.45) is 10.5. The van der Waals surface area contributed by atoms with Crippen molar-refractivity contribution in [2.24, 2.45) is 0 Å². The molecule has 0 aromatic carbocycles. The number of ether oxygens (including phenoxy) is 1. The van der Waals surface area contributed by atoms with Crippen molar-refractivity contribution in [1.82, 2.24) is 19.5 Å². The van der Waals surface area contributed by atoms with Gasteiger partial charge in [-0.25, -0.2) is 4.98 Å². The second-order valence-corrected chi connectivity index (χ2v) is 6.92. The smallest absolute Gasteiger partial charge is 0.224 e. The van der Waals surface area contributed by atoms with Crippen LogP contribution in [0.1, 0.15) is 64.5 Å². The molecule has 0 saturated carbocycles. The Morgan fingerprint density at radius 3 is 2.81 bits per heavy atom. The van der Waals surface area contributed by atoms with Crippen molar-refractivity contribution < 1.29 is 9.84 Å². The maximum atomic E-state index is 9.27. The fraction of sp³-hybridized carbons (Fsp3) is 0.722. The van der Waals surface area contributed by atoms with E-state index in [1.165, 1.54) is 32.1 Å². The molecule has 1 aliphatic rings. The third kappa shape index (κ3) is 4.42. The number of unbranched alkanes of at least 4 members (excludes halogenated alkanes) is 5. The highest BCUT2D eigenvalue weighted by molar-refractivity contribution is 5.84. The number of aromatic nitrogens is 4. The molecular weight excluding hydrogens is 332 g/mol. The van der Waals surface area contributed by atoms with E-state index >= 15 is 0 Å². The Kier molecular flexibility index (Phi) is 6.62. The van der Waals surface area contributed by atoms with Gasteiger partial charge in [-0.05, 0) is 19.3 Å². The second kappa shape index (κ2) is 9.14. The summed E-state index contributed by atoms with van der Waals surface area (Å²) in [5.41, 5.74) is 7.29. The summed E-state index contributed by atoms with van der Waals surface area (Å²) >= 11 is 0. The van der Waals surface area contributed by atoms with Crippen LogP contribution < -0.4 is 11.1 Å². The highest BCUT2D eigenvalue weighted by Crippen LogP contribution is 2.31. The maximum absolute atomic E-state index is 9.27. The number of rotatable bonds is 10. The minimum absolute atomic E-state index is 0.0330. The summed E-state index contributed by atoms with van der Waals surface area (Å²) in [7, 11) is 0.